The highest BCUT2D eigenvalue weighted by molar-refractivity contribution is 14.1. The number of benzene rings is 1. The number of Topliss-reactive ketones (excluding diaryl/α,β-unsaturated/α-hetero) is 1. The molecule has 0 saturated carbocycles. The zero-order valence-corrected chi connectivity index (χ0v) is 11.5. The zero-order chi connectivity index (χ0) is 11.3. The van der Waals surface area contributed by atoms with Crippen molar-refractivity contribution >= 4 is 28.4 Å². The predicted octanol–water partition coefficient (Wildman–Crippen LogP) is 3.84. The molecule has 2 heteroatoms. The average molecular weight is 316 g/mol. The van der Waals surface area contributed by atoms with Crippen LogP contribution in [-0.4, -0.2) is 5.78 Å². The molecule has 0 spiro atoms. The molecule has 0 aromatic heterocycles. The molecule has 1 aromatic carbocycles. The minimum atomic E-state index is 0.298. The van der Waals surface area contributed by atoms with E-state index in [9.17, 15) is 4.79 Å². The number of carbonyl (C=O) groups is 1. The van der Waals surface area contributed by atoms with Crippen molar-refractivity contribution in [2.24, 2.45) is 5.92 Å². The van der Waals surface area contributed by atoms with Crippen LogP contribution in [0.5, 0.6) is 0 Å². The van der Waals surface area contributed by atoms with Crippen molar-refractivity contribution in [3.63, 3.8) is 0 Å². The SMILES string of the molecule is CCC(CC(C)=O)Cc1ccc(I)cc1. The quantitative estimate of drug-likeness (QED) is 0.754. The summed E-state index contributed by atoms with van der Waals surface area (Å²) in [6.45, 7) is 3.83. The van der Waals surface area contributed by atoms with E-state index in [1.807, 2.05) is 0 Å². The first-order valence-corrected chi connectivity index (χ1v) is 6.43. The van der Waals surface area contributed by atoms with E-state index in [-0.39, 0.29) is 0 Å². The molecule has 1 rings (SSSR count). The molecular weight excluding hydrogens is 299 g/mol. The van der Waals surface area contributed by atoms with Crippen LogP contribution in [0, 0.1) is 9.49 Å². The van der Waals surface area contributed by atoms with Gasteiger partial charge in [-0.05, 0) is 59.5 Å². The molecule has 0 saturated heterocycles. The number of carbonyl (C=O) groups excluding carboxylic acids is 1. The zero-order valence-electron chi connectivity index (χ0n) is 9.29. The Labute approximate surface area is 105 Å². The standard InChI is InChI=1S/C13H17IO/c1-3-11(8-10(2)15)9-12-4-6-13(14)7-5-12/h4-7,11H,3,8-9H2,1-2H3. The normalized spacial score (nSPS) is 12.5. The van der Waals surface area contributed by atoms with Crippen LogP contribution in [0.4, 0.5) is 0 Å². The van der Waals surface area contributed by atoms with Gasteiger partial charge in [-0.1, -0.05) is 25.5 Å². The largest absolute Gasteiger partial charge is 0.300 e. The number of halogens is 1. The lowest BCUT2D eigenvalue weighted by Crippen LogP contribution is -2.08. The van der Waals surface area contributed by atoms with Crippen molar-refractivity contribution in [2.75, 3.05) is 0 Å². The third kappa shape index (κ3) is 4.78. The van der Waals surface area contributed by atoms with Crippen LogP contribution in [0.2, 0.25) is 0 Å². The maximum Gasteiger partial charge on any atom is 0.130 e. The van der Waals surface area contributed by atoms with E-state index in [1.165, 1.54) is 9.13 Å². The maximum atomic E-state index is 11.1. The monoisotopic (exact) mass is 316 g/mol. The first-order valence-electron chi connectivity index (χ1n) is 5.35. The predicted molar refractivity (Wildman–Crippen MR) is 71.9 cm³/mol. The van der Waals surface area contributed by atoms with Gasteiger partial charge in [0, 0.05) is 9.99 Å². The van der Waals surface area contributed by atoms with E-state index in [2.05, 4.69) is 53.8 Å². The summed E-state index contributed by atoms with van der Waals surface area (Å²) in [7, 11) is 0. The van der Waals surface area contributed by atoms with E-state index in [0.717, 1.165) is 12.8 Å². The van der Waals surface area contributed by atoms with Crippen LogP contribution >= 0.6 is 22.6 Å². The third-order valence-corrected chi connectivity index (χ3v) is 3.31. The molecule has 0 radical (unpaired) electrons. The van der Waals surface area contributed by atoms with Gasteiger partial charge >= 0.3 is 0 Å². The Morgan fingerprint density at radius 1 is 1.33 bits per heavy atom. The molecule has 0 aliphatic rings. The lowest BCUT2D eigenvalue weighted by molar-refractivity contribution is -0.117. The Kier molecular flexibility index (Phi) is 5.29. The molecule has 1 unspecified atom stereocenters. The maximum absolute atomic E-state index is 11.1. The summed E-state index contributed by atoms with van der Waals surface area (Å²) in [6.07, 6.45) is 2.81. The lowest BCUT2D eigenvalue weighted by Gasteiger charge is -2.12. The second-order valence-corrected chi connectivity index (χ2v) is 5.26. The first kappa shape index (κ1) is 12.7. The van der Waals surface area contributed by atoms with Crippen LogP contribution in [0.15, 0.2) is 24.3 Å². The molecule has 0 aliphatic heterocycles. The number of hydrogen-bond donors (Lipinski definition) is 0. The van der Waals surface area contributed by atoms with Crippen LogP contribution in [-0.2, 0) is 11.2 Å². The molecule has 15 heavy (non-hydrogen) atoms. The molecule has 1 aromatic rings. The van der Waals surface area contributed by atoms with Gasteiger partial charge in [0.05, 0.1) is 0 Å². The minimum Gasteiger partial charge on any atom is -0.300 e. The lowest BCUT2D eigenvalue weighted by atomic mass is 9.92. The molecule has 1 nitrogen and oxygen atoms in total. The van der Waals surface area contributed by atoms with Gasteiger partial charge in [-0.3, -0.25) is 0 Å². The third-order valence-electron chi connectivity index (χ3n) is 2.59. The van der Waals surface area contributed by atoms with Gasteiger partial charge in [0.15, 0.2) is 0 Å². The van der Waals surface area contributed by atoms with Crippen molar-refractivity contribution in [2.45, 2.75) is 33.1 Å². The average Bonchev–Trinajstić information content (AvgIpc) is 2.19. The Morgan fingerprint density at radius 3 is 2.40 bits per heavy atom. The fraction of sp³-hybridized carbons (Fsp3) is 0.462. The minimum absolute atomic E-state index is 0.298. The van der Waals surface area contributed by atoms with Crippen molar-refractivity contribution in [3.8, 4) is 0 Å². The number of hydrogen-bond acceptors (Lipinski definition) is 1. The van der Waals surface area contributed by atoms with E-state index in [1.54, 1.807) is 6.92 Å². The molecular formula is C13H17IO. The van der Waals surface area contributed by atoms with E-state index >= 15 is 0 Å². The fourth-order valence-electron chi connectivity index (χ4n) is 1.72. The van der Waals surface area contributed by atoms with Crippen LogP contribution in [0.3, 0.4) is 0 Å². The number of ketones is 1. The molecule has 0 amide bonds. The van der Waals surface area contributed by atoms with Crippen molar-refractivity contribution < 1.29 is 4.79 Å². The van der Waals surface area contributed by atoms with Gasteiger partial charge < -0.3 is 4.79 Å². The summed E-state index contributed by atoms with van der Waals surface area (Å²) in [5.74, 6) is 0.801. The van der Waals surface area contributed by atoms with Crippen molar-refractivity contribution in [3.05, 3.63) is 33.4 Å². The molecule has 0 aliphatic carbocycles. The highest BCUT2D eigenvalue weighted by Crippen LogP contribution is 2.17. The van der Waals surface area contributed by atoms with Gasteiger partial charge in [0.2, 0.25) is 0 Å². The summed E-state index contributed by atoms with van der Waals surface area (Å²) in [4.78, 5) is 11.1. The second-order valence-electron chi connectivity index (χ2n) is 4.01. The molecule has 0 heterocycles. The molecule has 0 N–H and O–H groups in total. The summed E-state index contributed by atoms with van der Waals surface area (Å²) in [5.41, 5.74) is 1.34. The highest BCUT2D eigenvalue weighted by Gasteiger charge is 2.09. The molecule has 82 valence electrons. The van der Waals surface area contributed by atoms with E-state index < -0.39 is 0 Å². The van der Waals surface area contributed by atoms with E-state index in [0.29, 0.717) is 18.1 Å². The van der Waals surface area contributed by atoms with Crippen molar-refractivity contribution in [1.82, 2.24) is 0 Å². The molecule has 0 bridgehead atoms. The fourth-order valence-corrected chi connectivity index (χ4v) is 2.08. The summed E-state index contributed by atoms with van der Waals surface area (Å²) >= 11 is 2.31. The van der Waals surface area contributed by atoms with Gasteiger partial charge in [-0.2, -0.15) is 0 Å². The smallest absolute Gasteiger partial charge is 0.130 e. The van der Waals surface area contributed by atoms with Crippen LogP contribution in [0.25, 0.3) is 0 Å². The van der Waals surface area contributed by atoms with Crippen LogP contribution < -0.4 is 0 Å². The Morgan fingerprint density at radius 2 is 1.93 bits per heavy atom. The summed E-state index contributed by atoms with van der Waals surface area (Å²) in [5, 5.41) is 0. The first-order chi connectivity index (χ1) is 7.11. The second kappa shape index (κ2) is 6.26. The molecule has 0 fully saturated rings. The van der Waals surface area contributed by atoms with E-state index in [4.69, 9.17) is 0 Å². The van der Waals surface area contributed by atoms with Gasteiger partial charge in [-0.25, -0.2) is 0 Å². The van der Waals surface area contributed by atoms with Crippen LogP contribution in [0.1, 0.15) is 32.3 Å². The van der Waals surface area contributed by atoms with Gasteiger partial charge in [0.1, 0.15) is 5.78 Å². The number of rotatable bonds is 5. The Bertz CT molecular complexity index is 316. The van der Waals surface area contributed by atoms with Gasteiger partial charge in [0.25, 0.3) is 0 Å². The summed E-state index contributed by atoms with van der Waals surface area (Å²) in [6, 6.07) is 8.56. The Balaban J connectivity index is 2.58. The van der Waals surface area contributed by atoms with Gasteiger partial charge in [-0.15, -0.1) is 0 Å². The van der Waals surface area contributed by atoms with Crippen molar-refractivity contribution in [1.29, 1.82) is 0 Å². The Hall–Kier alpha value is -0.380. The summed E-state index contributed by atoms with van der Waals surface area (Å²) < 4.78 is 1.26. The highest BCUT2D eigenvalue weighted by atomic mass is 127. The molecule has 1 atom stereocenters. The topological polar surface area (TPSA) is 17.1 Å².